The molecule has 2 fully saturated rings. The minimum atomic E-state index is -0.394. The van der Waals surface area contributed by atoms with Crippen molar-refractivity contribution in [3.8, 4) is 0 Å². The van der Waals surface area contributed by atoms with E-state index >= 15 is 0 Å². The van der Waals surface area contributed by atoms with Crippen LogP contribution in [0.25, 0.3) is 0 Å². The van der Waals surface area contributed by atoms with Crippen LogP contribution in [0.2, 0.25) is 0 Å². The Kier molecular flexibility index (Phi) is 4.16. The maximum absolute atomic E-state index is 13.6. The van der Waals surface area contributed by atoms with Crippen LogP contribution in [0.4, 0.5) is 4.39 Å². The van der Waals surface area contributed by atoms with E-state index in [1.807, 2.05) is 0 Å². The van der Waals surface area contributed by atoms with Gasteiger partial charge in [0.25, 0.3) is 0 Å². The van der Waals surface area contributed by atoms with Gasteiger partial charge in [0, 0.05) is 19.0 Å². The van der Waals surface area contributed by atoms with Crippen molar-refractivity contribution in [3.63, 3.8) is 0 Å². The molecule has 1 saturated heterocycles. The fourth-order valence-corrected chi connectivity index (χ4v) is 3.90. The molecule has 1 saturated carbocycles. The summed E-state index contributed by atoms with van der Waals surface area (Å²) in [7, 11) is 0. The Morgan fingerprint density at radius 1 is 1.20 bits per heavy atom. The molecule has 0 spiro atoms. The monoisotopic (exact) mass is 275 g/mol. The molecule has 0 aromatic heterocycles. The van der Waals surface area contributed by atoms with Gasteiger partial charge in [0.1, 0.15) is 5.82 Å². The number of halogens is 1. The number of rotatable bonds is 4. The number of Topliss-reactive ketones (excluding diaryl/α,β-unsaturated/α-hetero) is 1. The van der Waals surface area contributed by atoms with Gasteiger partial charge in [0.15, 0.2) is 5.78 Å². The standard InChI is InChI=1S/C17H22FNO/c18-15-8-2-1-7-14(15)17(20)10-12-19-11-4-6-13-5-3-9-16(13)19/h1-2,7-8,13,16H,3-6,9-12H2. The third kappa shape index (κ3) is 2.78. The number of fused-ring (bicyclic) bond motifs is 1. The topological polar surface area (TPSA) is 20.3 Å². The highest BCUT2D eigenvalue weighted by molar-refractivity contribution is 5.96. The Hall–Kier alpha value is -1.22. The van der Waals surface area contributed by atoms with Crippen LogP contribution >= 0.6 is 0 Å². The van der Waals surface area contributed by atoms with E-state index in [2.05, 4.69) is 4.90 Å². The van der Waals surface area contributed by atoms with Crippen molar-refractivity contribution < 1.29 is 9.18 Å². The molecule has 2 atom stereocenters. The summed E-state index contributed by atoms with van der Waals surface area (Å²) >= 11 is 0. The van der Waals surface area contributed by atoms with Crippen LogP contribution in [0.15, 0.2) is 24.3 Å². The van der Waals surface area contributed by atoms with E-state index in [0.29, 0.717) is 12.5 Å². The first kappa shape index (κ1) is 13.7. The van der Waals surface area contributed by atoms with Gasteiger partial charge >= 0.3 is 0 Å². The third-order valence-corrected chi connectivity index (χ3v) is 4.91. The van der Waals surface area contributed by atoms with Gasteiger partial charge in [0.2, 0.25) is 0 Å². The second-order valence-electron chi connectivity index (χ2n) is 6.09. The molecule has 3 heteroatoms. The van der Waals surface area contributed by atoms with Gasteiger partial charge in [-0.3, -0.25) is 9.69 Å². The number of hydrogen-bond acceptors (Lipinski definition) is 2. The van der Waals surface area contributed by atoms with Crippen LogP contribution in [0.1, 0.15) is 48.9 Å². The minimum absolute atomic E-state index is 0.0665. The van der Waals surface area contributed by atoms with Gasteiger partial charge in [-0.1, -0.05) is 18.6 Å². The molecular formula is C17H22FNO. The number of piperidine rings is 1. The van der Waals surface area contributed by atoms with Crippen LogP contribution in [0.5, 0.6) is 0 Å². The number of carbonyl (C=O) groups is 1. The van der Waals surface area contributed by atoms with Crippen molar-refractivity contribution in [2.45, 2.75) is 44.6 Å². The predicted octanol–water partition coefficient (Wildman–Crippen LogP) is 3.66. The van der Waals surface area contributed by atoms with Crippen molar-refractivity contribution >= 4 is 5.78 Å². The Bertz CT molecular complexity index is 488. The Balaban J connectivity index is 1.59. The van der Waals surface area contributed by atoms with E-state index in [0.717, 1.165) is 19.0 Å². The number of carbonyl (C=O) groups excluding carboxylic acids is 1. The number of hydrogen-bond donors (Lipinski definition) is 0. The predicted molar refractivity (Wildman–Crippen MR) is 77.3 cm³/mol. The Morgan fingerprint density at radius 2 is 2.00 bits per heavy atom. The molecule has 2 aliphatic rings. The maximum atomic E-state index is 13.6. The highest BCUT2D eigenvalue weighted by Crippen LogP contribution is 2.36. The fourth-order valence-electron chi connectivity index (χ4n) is 3.90. The number of likely N-dealkylation sites (tertiary alicyclic amines) is 1. The smallest absolute Gasteiger partial charge is 0.167 e. The van der Waals surface area contributed by atoms with E-state index in [1.54, 1.807) is 18.2 Å². The summed E-state index contributed by atoms with van der Waals surface area (Å²) in [6.45, 7) is 1.89. The number of nitrogens with zero attached hydrogens (tertiary/aromatic N) is 1. The maximum Gasteiger partial charge on any atom is 0.167 e. The molecule has 0 radical (unpaired) electrons. The summed E-state index contributed by atoms with van der Waals surface area (Å²) in [5, 5.41) is 0. The molecular weight excluding hydrogens is 253 g/mol. The van der Waals surface area contributed by atoms with E-state index in [1.165, 1.54) is 38.2 Å². The summed E-state index contributed by atoms with van der Waals surface area (Å²) in [5.74, 6) is 0.380. The lowest BCUT2D eigenvalue weighted by atomic mass is 9.91. The summed E-state index contributed by atoms with van der Waals surface area (Å²) < 4.78 is 13.6. The fraction of sp³-hybridized carbons (Fsp3) is 0.588. The molecule has 0 bridgehead atoms. The van der Waals surface area contributed by atoms with Crippen LogP contribution in [0.3, 0.4) is 0 Å². The molecule has 2 nitrogen and oxygen atoms in total. The average molecular weight is 275 g/mol. The Labute approximate surface area is 120 Å². The van der Waals surface area contributed by atoms with Crippen molar-refractivity contribution in [2.75, 3.05) is 13.1 Å². The summed E-state index contributed by atoms with van der Waals surface area (Å²) in [4.78, 5) is 14.6. The van der Waals surface area contributed by atoms with E-state index in [4.69, 9.17) is 0 Å². The molecule has 0 amide bonds. The van der Waals surface area contributed by atoms with Gasteiger partial charge in [-0.15, -0.1) is 0 Å². The van der Waals surface area contributed by atoms with Gasteiger partial charge in [-0.25, -0.2) is 4.39 Å². The zero-order chi connectivity index (χ0) is 13.9. The van der Waals surface area contributed by atoms with E-state index < -0.39 is 5.82 Å². The average Bonchev–Trinajstić information content (AvgIpc) is 2.94. The molecule has 1 aliphatic heterocycles. The molecule has 1 aromatic rings. The van der Waals surface area contributed by atoms with E-state index in [9.17, 15) is 9.18 Å². The summed E-state index contributed by atoms with van der Waals surface area (Å²) in [6, 6.07) is 6.98. The Morgan fingerprint density at radius 3 is 2.85 bits per heavy atom. The lowest BCUT2D eigenvalue weighted by molar-refractivity contribution is 0.0872. The lowest BCUT2D eigenvalue weighted by Crippen LogP contribution is -2.43. The first-order valence-corrected chi connectivity index (χ1v) is 7.77. The van der Waals surface area contributed by atoms with Gasteiger partial charge in [0.05, 0.1) is 5.56 Å². The zero-order valence-corrected chi connectivity index (χ0v) is 11.9. The number of benzene rings is 1. The van der Waals surface area contributed by atoms with Crippen molar-refractivity contribution in [3.05, 3.63) is 35.6 Å². The molecule has 108 valence electrons. The number of ketones is 1. The summed E-state index contributed by atoms with van der Waals surface area (Å²) in [5.41, 5.74) is 0.243. The zero-order valence-electron chi connectivity index (χ0n) is 11.9. The molecule has 0 N–H and O–H groups in total. The highest BCUT2D eigenvalue weighted by Gasteiger charge is 2.34. The second kappa shape index (κ2) is 6.04. The van der Waals surface area contributed by atoms with Crippen molar-refractivity contribution in [1.29, 1.82) is 0 Å². The second-order valence-corrected chi connectivity index (χ2v) is 6.09. The molecule has 20 heavy (non-hydrogen) atoms. The summed E-state index contributed by atoms with van der Waals surface area (Å²) in [6.07, 6.45) is 6.98. The molecule has 1 heterocycles. The molecule has 1 aliphatic carbocycles. The normalized spacial score (nSPS) is 26.4. The molecule has 1 aromatic carbocycles. The van der Waals surface area contributed by atoms with Crippen molar-refractivity contribution in [1.82, 2.24) is 4.90 Å². The SMILES string of the molecule is O=C(CCN1CCCC2CCCC21)c1ccccc1F. The van der Waals surface area contributed by atoms with Crippen LogP contribution in [-0.4, -0.2) is 29.8 Å². The molecule has 2 unspecified atom stereocenters. The largest absolute Gasteiger partial charge is 0.300 e. The first-order chi connectivity index (χ1) is 9.75. The van der Waals surface area contributed by atoms with Gasteiger partial charge in [-0.2, -0.15) is 0 Å². The van der Waals surface area contributed by atoms with Gasteiger partial charge in [-0.05, 0) is 50.3 Å². The van der Waals surface area contributed by atoms with Crippen LogP contribution < -0.4 is 0 Å². The van der Waals surface area contributed by atoms with Gasteiger partial charge < -0.3 is 0 Å². The van der Waals surface area contributed by atoms with Crippen LogP contribution in [-0.2, 0) is 0 Å². The van der Waals surface area contributed by atoms with E-state index in [-0.39, 0.29) is 11.3 Å². The highest BCUT2D eigenvalue weighted by atomic mass is 19.1. The molecule has 3 rings (SSSR count). The van der Waals surface area contributed by atoms with Crippen LogP contribution in [0, 0.1) is 11.7 Å². The third-order valence-electron chi connectivity index (χ3n) is 4.91. The first-order valence-electron chi connectivity index (χ1n) is 7.77. The quantitative estimate of drug-likeness (QED) is 0.782. The lowest BCUT2D eigenvalue weighted by Gasteiger charge is -2.37. The minimum Gasteiger partial charge on any atom is -0.300 e. The van der Waals surface area contributed by atoms with Crippen molar-refractivity contribution in [2.24, 2.45) is 5.92 Å².